The first-order valence-electron chi connectivity index (χ1n) is 13.3. The van der Waals surface area contributed by atoms with Gasteiger partial charge in [-0.05, 0) is 75.0 Å². The third kappa shape index (κ3) is 5.30. The lowest BCUT2D eigenvalue weighted by atomic mass is 10.1. The summed E-state index contributed by atoms with van der Waals surface area (Å²) in [6, 6.07) is 3.91. The van der Waals surface area contributed by atoms with Crippen molar-refractivity contribution in [1.82, 2.24) is 14.8 Å². The summed E-state index contributed by atoms with van der Waals surface area (Å²) in [4.78, 5) is 0. The maximum atomic E-state index is 13.2. The number of anilines is 1. The first-order chi connectivity index (χ1) is 17.0. The minimum absolute atomic E-state index is 0.114. The molecule has 4 fully saturated rings. The smallest absolute Gasteiger partial charge is 0.302 e. The lowest BCUT2D eigenvalue weighted by molar-refractivity contribution is -0.0243. The van der Waals surface area contributed by atoms with Crippen LogP contribution < -0.4 is 14.8 Å². The van der Waals surface area contributed by atoms with Gasteiger partial charge in [0.15, 0.2) is 11.4 Å². The average Bonchev–Trinajstić information content (AvgIpc) is 3.21. The number of benzene rings is 1. The third-order valence-corrected chi connectivity index (χ3v) is 9.43. The molecule has 1 aromatic carbocycles. The van der Waals surface area contributed by atoms with Crippen molar-refractivity contribution >= 4 is 27.0 Å². The predicted octanol–water partition coefficient (Wildman–Crippen LogP) is 3.77. The monoisotopic (exact) mass is 504 g/mol. The van der Waals surface area contributed by atoms with Crippen LogP contribution in [0.3, 0.4) is 0 Å². The molecular formula is C25H36N4O5S. The summed E-state index contributed by atoms with van der Waals surface area (Å²) in [6.45, 7) is 3.47. The largest absolute Gasteiger partial charge is 0.493 e. The van der Waals surface area contributed by atoms with E-state index in [4.69, 9.17) is 14.0 Å². The average molecular weight is 505 g/mol. The molecule has 9 nitrogen and oxygen atoms in total. The number of nitrogens with one attached hydrogen (secondary N) is 2. The van der Waals surface area contributed by atoms with Crippen molar-refractivity contribution in [3.63, 3.8) is 0 Å². The molecule has 2 saturated heterocycles. The number of nitrogens with zero attached hydrogens (tertiary/aromatic N) is 2. The fraction of sp³-hybridized carbons (Fsp3) is 0.720. The molecule has 3 heterocycles. The molecule has 10 heteroatoms. The highest BCUT2D eigenvalue weighted by molar-refractivity contribution is 7.90. The van der Waals surface area contributed by atoms with E-state index in [1.165, 1.54) is 30.0 Å². The number of hydrogen-bond acceptors (Lipinski definition) is 7. The predicted molar refractivity (Wildman–Crippen MR) is 133 cm³/mol. The van der Waals surface area contributed by atoms with Crippen LogP contribution in [0, 0.1) is 5.92 Å². The van der Waals surface area contributed by atoms with Gasteiger partial charge in [0.1, 0.15) is 5.75 Å². The lowest BCUT2D eigenvalue weighted by Crippen LogP contribution is -2.44. The molecule has 2 aliphatic carbocycles. The number of hydrogen-bond donors (Lipinski definition) is 2. The van der Waals surface area contributed by atoms with Crippen LogP contribution in [0.2, 0.25) is 0 Å². The summed E-state index contributed by atoms with van der Waals surface area (Å²) in [5, 5.41) is 8.08. The highest BCUT2D eigenvalue weighted by atomic mass is 32.2. The first-order valence-corrected chi connectivity index (χ1v) is 14.7. The van der Waals surface area contributed by atoms with Gasteiger partial charge in [-0.2, -0.15) is 12.7 Å². The summed E-state index contributed by atoms with van der Waals surface area (Å²) in [5.41, 5.74) is 1.68. The van der Waals surface area contributed by atoms with Gasteiger partial charge in [0.05, 0.1) is 24.2 Å². The molecule has 0 bridgehead atoms. The molecule has 35 heavy (non-hydrogen) atoms. The van der Waals surface area contributed by atoms with Gasteiger partial charge in [0.25, 0.3) is 0 Å². The maximum absolute atomic E-state index is 13.2. The Labute approximate surface area is 207 Å². The van der Waals surface area contributed by atoms with E-state index in [0.29, 0.717) is 48.7 Å². The van der Waals surface area contributed by atoms with Crippen LogP contribution in [-0.2, 0) is 14.9 Å². The zero-order valence-electron chi connectivity index (χ0n) is 20.2. The van der Waals surface area contributed by atoms with E-state index < -0.39 is 10.2 Å². The molecule has 2 N–H and O–H groups in total. The summed E-state index contributed by atoms with van der Waals surface area (Å²) in [7, 11) is -3.74. The van der Waals surface area contributed by atoms with Gasteiger partial charge in [-0.15, -0.1) is 0 Å². The Morgan fingerprint density at radius 2 is 1.86 bits per heavy atom. The molecule has 2 aromatic rings. The van der Waals surface area contributed by atoms with Gasteiger partial charge in [-0.1, -0.05) is 18.0 Å². The van der Waals surface area contributed by atoms with E-state index in [-0.39, 0.29) is 18.0 Å². The van der Waals surface area contributed by atoms with Gasteiger partial charge in [0, 0.05) is 25.7 Å². The van der Waals surface area contributed by atoms with E-state index in [1.54, 1.807) is 0 Å². The SMILES string of the molecule is O=S(=O)(Nc1noc2cc(OCC3CCCC3)c(C3CC3)cc12)N1CCC(O[C@@H]2CCNC2)CC1. The molecule has 2 saturated carbocycles. The highest BCUT2D eigenvalue weighted by Crippen LogP contribution is 2.46. The molecule has 4 aliphatic rings. The Hall–Kier alpha value is -1.88. The summed E-state index contributed by atoms with van der Waals surface area (Å²) >= 11 is 0. The molecular weight excluding hydrogens is 468 g/mol. The number of piperidine rings is 1. The van der Waals surface area contributed by atoms with Gasteiger partial charge < -0.3 is 19.3 Å². The zero-order valence-corrected chi connectivity index (χ0v) is 21.0. The summed E-state index contributed by atoms with van der Waals surface area (Å²) < 4.78 is 48.4. The maximum Gasteiger partial charge on any atom is 0.302 e. The normalized spacial score (nSPS) is 25.0. The second-order valence-electron chi connectivity index (χ2n) is 10.6. The Balaban J connectivity index is 1.13. The fourth-order valence-corrected chi connectivity index (χ4v) is 6.90. The van der Waals surface area contributed by atoms with Crippen LogP contribution in [-0.4, -0.2) is 62.9 Å². The fourth-order valence-electron chi connectivity index (χ4n) is 5.69. The minimum Gasteiger partial charge on any atom is -0.493 e. The lowest BCUT2D eigenvalue weighted by Gasteiger charge is -2.32. The van der Waals surface area contributed by atoms with Crippen molar-refractivity contribution in [1.29, 1.82) is 0 Å². The molecule has 2 aliphatic heterocycles. The molecule has 6 rings (SSSR count). The topological polar surface area (TPSA) is 106 Å². The van der Waals surface area contributed by atoms with Crippen LogP contribution in [0.5, 0.6) is 5.75 Å². The number of rotatable bonds is 9. The van der Waals surface area contributed by atoms with Crippen LogP contribution >= 0.6 is 0 Å². The van der Waals surface area contributed by atoms with Crippen molar-refractivity contribution in [3.05, 3.63) is 17.7 Å². The van der Waals surface area contributed by atoms with E-state index in [9.17, 15) is 8.42 Å². The molecule has 1 aromatic heterocycles. The van der Waals surface area contributed by atoms with Crippen LogP contribution in [0.1, 0.15) is 69.3 Å². The highest BCUT2D eigenvalue weighted by Gasteiger charge is 2.33. The van der Waals surface area contributed by atoms with Gasteiger partial charge in [0.2, 0.25) is 0 Å². The van der Waals surface area contributed by atoms with Crippen LogP contribution in [0.15, 0.2) is 16.7 Å². The van der Waals surface area contributed by atoms with Crippen molar-refractivity contribution in [3.8, 4) is 5.75 Å². The van der Waals surface area contributed by atoms with Crippen molar-refractivity contribution in [2.75, 3.05) is 37.5 Å². The van der Waals surface area contributed by atoms with Gasteiger partial charge >= 0.3 is 10.2 Å². The number of aromatic nitrogens is 1. The number of ether oxygens (including phenoxy) is 2. The molecule has 1 atom stereocenters. The van der Waals surface area contributed by atoms with Crippen LogP contribution in [0.4, 0.5) is 5.82 Å². The van der Waals surface area contributed by atoms with Crippen LogP contribution in [0.25, 0.3) is 11.0 Å². The van der Waals surface area contributed by atoms with Crippen molar-refractivity contribution < 1.29 is 22.4 Å². The molecule has 0 spiro atoms. The second-order valence-corrected chi connectivity index (χ2v) is 12.3. The van der Waals surface area contributed by atoms with E-state index in [0.717, 1.165) is 50.3 Å². The molecule has 192 valence electrons. The first kappa shape index (κ1) is 23.5. The second kappa shape index (κ2) is 9.88. The van der Waals surface area contributed by atoms with Gasteiger partial charge in [-0.25, -0.2) is 0 Å². The molecule has 0 radical (unpaired) electrons. The molecule has 0 amide bonds. The Bertz CT molecular complexity index is 1130. The zero-order chi connectivity index (χ0) is 23.8. The summed E-state index contributed by atoms with van der Waals surface area (Å²) in [6.07, 6.45) is 10.1. The standard InChI is InChI=1S/C25H36N4O5S/c30-35(31,29-11-8-19(9-12-29)33-20-7-10-26-15-20)28-25-22-13-21(18-5-6-18)23(14-24(22)34-27-25)32-16-17-3-1-2-4-17/h13-14,17-20,26H,1-12,15-16H2,(H,27,28)/t20-/m1/s1. The Morgan fingerprint density at radius 3 is 2.57 bits per heavy atom. The summed E-state index contributed by atoms with van der Waals surface area (Å²) in [5.74, 6) is 2.20. The van der Waals surface area contributed by atoms with Gasteiger partial charge in [-0.3, -0.25) is 4.72 Å². The van der Waals surface area contributed by atoms with Crippen molar-refractivity contribution in [2.45, 2.75) is 75.9 Å². The quantitative estimate of drug-likeness (QED) is 0.535. The van der Waals surface area contributed by atoms with Crippen molar-refractivity contribution in [2.24, 2.45) is 5.92 Å². The minimum atomic E-state index is -3.74. The number of fused-ring (bicyclic) bond motifs is 1. The van der Waals surface area contributed by atoms with E-state index in [2.05, 4.69) is 15.2 Å². The molecule has 0 unspecified atom stereocenters. The Morgan fingerprint density at radius 1 is 1.06 bits per heavy atom. The Kier molecular flexibility index (Phi) is 6.64. The van der Waals surface area contributed by atoms with E-state index >= 15 is 0 Å². The van der Waals surface area contributed by atoms with E-state index in [1.807, 2.05) is 12.1 Å². The third-order valence-electron chi connectivity index (χ3n) is 7.94.